The van der Waals surface area contributed by atoms with Crippen LogP contribution in [0.4, 0.5) is 11.6 Å². The maximum atomic E-state index is 4.49. The number of hydrogen-bond acceptors (Lipinski definition) is 4. The SMILES string of the molecule is Cc1cccc(Nc2ncc3c(n2)CNC3)c1. The van der Waals surface area contributed by atoms with E-state index >= 15 is 0 Å². The van der Waals surface area contributed by atoms with Crippen LogP contribution in [-0.2, 0) is 13.1 Å². The molecular formula is C13H14N4. The fourth-order valence-corrected chi connectivity index (χ4v) is 1.97. The summed E-state index contributed by atoms with van der Waals surface area (Å²) in [5, 5.41) is 6.48. The lowest BCUT2D eigenvalue weighted by Gasteiger charge is -2.06. The first kappa shape index (κ1) is 10.2. The average Bonchev–Trinajstić information content (AvgIpc) is 2.76. The van der Waals surface area contributed by atoms with Crippen LogP contribution in [0.15, 0.2) is 30.5 Å². The molecule has 0 atom stereocenters. The van der Waals surface area contributed by atoms with Gasteiger partial charge in [-0.05, 0) is 24.6 Å². The minimum absolute atomic E-state index is 0.665. The molecule has 0 bridgehead atoms. The second-order valence-corrected chi connectivity index (χ2v) is 4.26. The van der Waals surface area contributed by atoms with Gasteiger partial charge in [-0.25, -0.2) is 9.97 Å². The zero-order valence-electron chi connectivity index (χ0n) is 9.70. The molecule has 0 radical (unpaired) electrons. The summed E-state index contributed by atoms with van der Waals surface area (Å²) in [7, 11) is 0. The number of anilines is 2. The third-order valence-corrected chi connectivity index (χ3v) is 2.84. The summed E-state index contributed by atoms with van der Waals surface area (Å²) < 4.78 is 0. The number of aryl methyl sites for hydroxylation is 1. The lowest BCUT2D eigenvalue weighted by atomic mass is 10.2. The number of aromatic nitrogens is 2. The van der Waals surface area contributed by atoms with E-state index in [1.54, 1.807) is 0 Å². The van der Waals surface area contributed by atoms with Gasteiger partial charge in [0.1, 0.15) is 0 Å². The fourth-order valence-electron chi connectivity index (χ4n) is 1.97. The molecule has 0 saturated heterocycles. The molecule has 4 nitrogen and oxygen atoms in total. The average molecular weight is 226 g/mol. The molecule has 1 aromatic heterocycles. The Labute approximate surface area is 100 Å². The highest BCUT2D eigenvalue weighted by molar-refractivity contribution is 5.54. The van der Waals surface area contributed by atoms with E-state index in [4.69, 9.17) is 0 Å². The quantitative estimate of drug-likeness (QED) is 0.823. The Morgan fingerprint density at radius 3 is 3.12 bits per heavy atom. The Kier molecular flexibility index (Phi) is 2.49. The van der Waals surface area contributed by atoms with E-state index in [9.17, 15) is 0 Å². The normalized spacial score (nSPS) is 13.5. The van der Waals surface area contributed by atoms with Crippen molar-refractivity contribution in [3.8, 4) is 0 Å². The molecule has 0 fully saturated rings. The van der Waals surface area contributed by atoms with Gasteiger partial charge in [-0.1, -0.05) is 12.1 Å². The number of nitrogens with one attached hydrogen (secondary N) is 2. The maximum absolute atomic E-state index is 4.49. The molecule has 1 aliphatic rings. The van der Waals surface area contributed by atoms with E-state index in [-0.39, 0.29) is 0 Å². The zero-order valence-corrected chi connectivity index (χ0v) is 9.70. The van der Waals surface area contributed by atoms with Gasteiger partial charge in [0, 0.05) is 30.5 Å². The molecule has 0 unspecified atom stereocenters. The van der Waals surface area contributed by atoms with Crippen molar-refractivity contribution in [3.63, 3.8) is 0 Å². The van der Waals surface area contributed by atoms with Gasteiger partial charge in [-0.15, -0.1) is 0 Å². The summed E-state index contributed by atoms with van der Waals surface area (Å²) in [6, 6.07) is 8.18. The van der Waals surface area contributed by atoms with Gasteiger partial charge in [-0.2, -0.15) is 0 Å². The Morgan fingerprint density at radius 1 is 1.29 bits per heavy atom. The Morgan fingerprint density at radius 2 is 2.24 bits per heavy atom. The van der Waals surface area contributed by atoms with Crippen LogP contribution in [0.2, 0.25) is 0 Å². The number of rotatable bonds is 2. The number of nitrogens with zero attached hydrogens (tertiary/aromatic N) is 2. The van der Waals surface area contributed by atoms with E-state index in [0.717, 1.165) is 24.5 Å². The summed E-state index contributed by atoms with van der Waals surface area (Å²) >= 11 is 0. The van der Waals surface area contributed by atoms with E-state index in [1.807, 2.05) is 18.3 Å². The molecule has 3 rings (SSSR count). The third-order valence-electron chi connectivity index (χ3n) is 2.84. The first-order chi connectivity index (χ1) is 8.31. The molecule has 0 spiro atoms. The molecule has 0 saturated carbocycles. The first-order valence-electron chi connectivity index (χ1n) is 5.70. The number of fused-ring (bicyclic) bond motifs is 1. The molecule has 17 heavy (non-hydrogen) atoms. The van der Waals surface area contributed by atoms with Gasteiger partial charge in [-0.3, -0.25) is 0 Å². The molecular weight excluding hydrogens is 212 g/mol. The van der Waals surface area contributed by atoms with Crippen molar-refractivity contribution in [3.05, 3.63) is 47.3 Å². The lowest BCUT2D eigenvalue weighted by Crippen LogP contribution is -2.01. The van der Waals surface area contributed by atoms with Crippen molar-refractivity contribution in [1.29, 1.82) is 0 Å². The van der Waals surface area contributed by atoms with Crippen LogP contribution in [0.1, 0.15) is 16.8 Å². The first-order valence-corrected chi connectivity index (χ1v) is 5.70. The maximum Gasteiger partial charge on any atom is 0.227 e. The van der Waals surface area contributed by atoms with E-state index in [2.05, 4.69) is 39.7 Å². The summed E-state index contributed by atoms with van der Waals surface area (Å²) in [4.78, 5) is 8.81. The van der Waals surface area contributed by atoms with Crippen molar-refractivity contribution in [2.45, 2.75) is 20.0 Å². The van der Waals surface area contributed by atoms with Crippen molar-refractivity contribution < 1.29 is 0 Å². The highest BCUT2D eigenvalue weighted by Crippen LogP contribution is 2.17. The summed E-state index contributed by atoms with van der Waals surface area (Å²) in [6.45, 7) is 3.78. The molecule has 2 aromatic rings. The van der Waals surface area contributed by atoms with Gasteiger partial charge in [0.25, 0.3) is 0 Å². The Bertz CT molecular complexity index is 551. The molecule has 0 amide bonds. The largest absolute Gasteiger partial charge is 0.324 e. The number of hydrogen-bond donors (Lipinski definition) is 2. The minimum Gasteiger partial charge on any atom is -0.324 e. The smallest absolute Gasteiger partial charge is 0.227 e. The van der Waals surface area contributed by atoms with Crippen LogP contribution in [0.5, 0.6) is 0 Å². The highest BCUT2D eigenvalue weighted by Gasteiger charge is 2.12. The van der Waals surface area contributed by atoms with Crippen LogP contribution >= 0.6 is 0 Å². The molecule has 0 aliphatic carbocycles. The van der Waals surface area contributed by atoms with Gasteiger partial charge < -0.3 is 10.6 Å². The Hall–Kier alpha value is -1.94. The van der Waals surface area contributed by atoms with Gasteiger partial charge in [0.15, 0.2) is 0 Å². The van der Waals surface area contributed by atoms with E-state index in [1.165, 1.54) is 11.1 Å². The van der Waals surface area contributed by atoms with Crippen molar-refractivity contribution in [2.24, 2.45) is 0 Å². The third kappa shape index (κ3) is 2.12. The van der Waals surface area contributed by atoms with Crippen LogP contribution in [0, 0.1) is 6.92 Å². The van der Waals surface area contributed by atoms with Crippen LogP contribution in [0.25, 0.3) is 0 Å². The summed E-state index contributed by atoms with van der Waals surface area (Å²) in [5.74, 6) is 0.665. The molecule has 2 heterocycles. The van der Waals surface area contributed by atoms with Gasteiger partial charge in [0.05, 0.1) is 5.69 Å². The van der Waals surface area contributed by atoms with Crippen LogP contribution in [-0.4, -0.2) is 9.97 Å². The molecule has 1 aromatic carbocycles. The predicted molar refractivity (Wildman–Crippen MR) is 67.0 cm³/mol. The van der Waals surface area contributed by atoms with Crippen molar-refractivity contribution in [2.75, 3.05) is 5.32 Å². The lowest BCUT2D eigenvalue weighted by molar-refractivity contribution is 0.758. The van der Waals surface area contributed by atoms with Crippen LogP contribution < -0.4 is 10.6 Å². The topological polar surface area (TPSA) is 49.8 Å². The molecule has 4 heteroatoms. The minimum atomic E-state index is 0.665. The second kappa shape index (κ2) is 4.14. The zero-order chi connectivity index (χ0) is 11.7. The van der Waals surface area contributed by atoms with Crippen LogP contribution in [0.3, 0.4) is 0 Å². The Balaban J connectivity index is 1.86. The monoisotopic (exact) mass is 226 g/mol. The molecule has 86 valence electrons. The van der Waals surface area contributed by atoms with Gasteiger partial charge >= 0.3 is 0 Å². The molecule has 2 N–H and O–H groups in total. The summed E-state index contributed by atoms with van der Waals surface area (Å²) in [5.41, 5.74) is 4.53. The fraction of sp³-hybridized carbons (Fsp3) is 0.231. The van der Waals surface area contributed by atoms with E-state index in [0.29, 0.717) is 5.95 Å². The molecule has 1 aliphatic heterocycles. The standard InChI is InChI=1S/C13H14N4/c1-9-3-2-4-11(5-9)16-13-15-7-10-6-14-8-12(10)17-13/h2-5,7,14H,6,8H2,1H3,(H,15,16,17). The van der Waals surface area contributed by atoms with Gasteiger partial charge in [0.2, 0.25) is 5.95 Å². The van der Waals surface area contributed by atoms with Crippen molar-refractivity contribution in [1.82, 2.24) is 15.3 Å². The predicted octanol–water partition coefficient (Wildman–Crippen LogP) is 2.13. The summed E-state index contributed by atoms with van der Waals surface area (Å²) in [6.07, 6.45) is 1.89. The highest BCUT2D eigenvalue weighted by atomic mass is 15.1. The van der Waals surface area contributed by atoms with Crippen molar-refractivity contribution >= 4 is 11.6 Å². The number of benzene rings is 1. The second-order valence-electron chi connectivity index (χ2n) is 4.26. The van der Waals surface area contributed by atoms with E-state index < -0.39 is 0 Å².